The first-order valence-electron chi connectivity index (χ1n) is 10.7. The van der Waals surface area contributed by atoms with Gasteiger partial charge in [0.05, 0.1) is 0 Å². The summed E-state index contributed by atoms with van der Waals surface area (Å²) in [4.78, 5) is 14.6. The van der Waals surface area contributed by atoms with Crippen LogP contribution >= 0.6 is 0 Å². The van der Waals surface area contributed by atoms with Crippen LogP contribution in [-0.2, 0) is 6.54 Å². The van der Waals surface area contributed by atoms with E-state index in [-0.39, 0.29) is 5.91 Å². The van der Waals surface area contributed by atoms with E-state index in [0.29, 0.717) is 42.9 Å². The van der Waals surface area contributed by atoms with Gasteiger partial charge in [-0.3, -0.25) is 4.79 Å². The number of ether oxygens (including phenoxy) is 2. The molecule has 0 aliphatic carbocycles. The van der Waals surface area contributed by atoms with Crippen LogP contribution in [0.3, 0.4) is 0 Å². The molecule has 7 nitrogen and oxygen atoms in total. The summed E-state index contributed by atoms with van der Waals surface area (Å²) >= 11 is 0. The normalized spacial score (nSPS) is 12.4. The molecule has 0 N–H and O–H groups in total. The highest BCUT2D eigenvalue weighted by Crippen LogP contribution is 2.31. The average Bonchev–Trinajstić information content (AvgIpc) is 3.34. The standard InChI is InChI=1S/C26H23N3O4/c1-17-3-6-19(7-4-17)24-27-28-25(33-24)20-8-10-21(11-9-20)26(30)29(2)16-18-5-12-22-23(15-18)32-14-13-31-22/h3-12,15H,13-14,16H2,1-2H3. The topological polar surface area (TPSA) is 77.7 Å². The number of amides is 1. The zero-order valence-electron chi connectivity index (χ0n) is 18.4. The second kappa shape index (κ2) is 8.78. The molecule has 3 aromatic carbocycles. The van der Waals surface area contributed by atoms with Crippen molar-refractivity contribution in [1.82, 2.24) is 15.1 Å². The van der Waals surface area contributed by atoms with Gasteiger partial charge in [0.2, 0.25) is 11.8 Å². The number of hydrogen-bond donors (Lipinski definition) is 0. The number of benzene rings is 3. The summed E-state index contributed by atoms with van der Waals surface area (Å²) in [5.41, 5.74) is 4.34. The largest absolute Gasteiger partial charge is 0.486 e. The molecule has 4 aromatic rings. The predicted molar refractivity (Wildman–Crippen MR) is 123 cm³/mol. The summed E-state index contributed by atoms with van der Waals surface area (Å²) in [6, 6.07) is 20.8. The van der Waals surface area contributed by atoms with E-state index in [1.807, 2.05) is 61.5 Å². The van der Waals surface area contributed by atoms with Crippen LogP contribution < -0.4 is 9.47 Å². The quantitative estimate of drug-likeness (QED) is 0.445. The Kier molecular flexibility index (Phi) is 5.52. The minimum atomic E-state index is -0.0812. The van der Waals surface area contributed by atoms with Crippen molar-refractivity contribution in [2.75, 3.05) is 20.3 Å². The highest BCUT2D eigenvalue weighted by atomic mass is 16.6. The second-order valence-corrected chi connectivity index (χ2v) is 7.99. The van der Waals surface area contributed by atoms with Crippen LogP contribution in [-0.4, -0.2) is 41.3 Å². The van der Waals surface area contributed by atoms with Crippen molar-refractivity contribution >= 4 is 5.91 Å². The lowest BCUT2D eigenvalue weighted by Gasteiger charge is -2.21. The SMILES string of the molecule is Cc1ccc(-c2nnc(-c3ccc(C(=O)N(C)Cc4ccc5c(c4)OCCO5)cc3)o2)cc1. The van der Waals surface area contributed by atoms with Crippen molar-refractivity contribution < 1.29 is 18.7 Å². The molecule has 0 unspecified atom stereocenters. The Hall–Kier alpha value is -4.13. The Morgan fingerprint density at radius 2 is 1.45 bits per heavy atom. The zero-order chi connectivity index (χ0) is 22.8. The summed E-state index contributed by atoms with van der Waals surface area (Å²) in [7, 11) is 1.78. The van der Waals surface area contributed by atoms with Gasteiger partial charge in [-0.05, 0) is 61.0 Å². The molecule has 5 rings (SSSR count). The van der Waals surface area contributed by atoms with Crippen molar-refractivity contribution in [2.45, 2.75) is 13.5 Å². The molecule has 0 saturated carbocycles. The summed E-state index contributed by atoms with van der Waals surface area (Å²) in [5.74, 6) is 2.25. The molecule has 1 aromatic heterocycles. The van der Waals surface area contributed by atoms with E-state index < -0.39 is 0 Å². The predicted octanol–water partition coefficient (Wildman–Crippen LogP) is 4.76. The Morgan fingerprint density at radius 3 is 2.12 bits per heavy atom. The number of carbonyl (C=O) groups excluding carboxylic acids is 1. The molecule has 1 aliphatic rings. The van der Waals surface area contributed by atoms with Gasteiger partial charge in [-0.2, -0.15) is 0 Å². The highest BCUT2D eigenvalue weighted by Gasteiger charge is 2.17. The minimum Gasteiger partial charge on any atom is -0.486 e. The first kappa shape index (κ1) is 20.8. The van der Waals surface area contributed by atoms with Gasteiger partial charge >= 0.3 is 0 Å². The lowest BCUT2D eigenvalue weighted by atomic mass is 10.1. The van der Waals surface area contributed by atoms with Crippen molar-refractivity contribution in [1.29, 1.82) is 0 Å². The molecule has 2 heterocycles. The molecule has 1 aliphatic heterocycles. The van der Waals surface area contributed by atoms with Gasteiger partial charge < -0.3 is 18.8 Å². The van der Waals surface area contributed by atoms with Crippen LogP contribution in [0, 0.1) is 6.92 Å². The number of rotatable bonds is 5. The lowest BCUT2D eigenvalue weighted by Crippen LogP contribution is -2.26. The van der Waals surface area contributed by atoms with E-state index >= 15 is 0 Å². The lowest BCUT2D eigenvalue weighted by molar-refractivity contribution is 0.0784. The zero-order valence-corrected chi connectivity index (χ0v) is 18.4. The van der Waals surface area contributed by atoms with Crippen LogP contribution in [0.2, 0.25) is 0 Å². The fourth-order valence-corrected chi connectivity index (χ4v) is 3.66. The maximum absolute atomic E-state index is 12.9. The molecule has 0 saturated heterocycles. The highest BCUT2D eigenvalue weighted by molar-refractivity contribution is 5.94. The number of aryl methyl sites for hydroxylation is 1. The van der Waals surface area contributed by atoms with Crippen molar-refractivity contribution in [3.63, 3.8) is 0 Å². The molecule has 33 heavy (non-hydrogen) atoms. The van der Waals surface area contributed by atoms with Crippen LogP contribution in [0.1, 0.15) is 21.5 Å². The number of fused-ring (bicyclic) bond motifs is 1. The van der Waals surface area contributed by atoms with Crippen molar-refractivity contribution in [3.8, 4) is 34.4 Å². The third kappa shape index (κ3) is 4.43. The van der Waals surface area contributed by atoms with E-state index in [2.05, 4.69) is 10.2 Å². The van der Waals surface area contributed by atoms with E-state index in [1.54, 1.807) is 24.1 Å². The summed E-state index contributed by atoms with van der Waals surface area (Å²) < 4.78 is 17.0. The van der Waals surface area contributed by atoms with Gasteiger partial charge in [-0.15, -0.1) is 10.2 Å². The minimum absolute atomic E-state index is 0.0812. The van der Waals surface area contributed by atoms with Gasteiger partial charge in [0.15, 0.2) is 11.5 Å². The molecular weight excluding hydrogens is 418 g/mol. The monoisotopic (exact) mass is 441 g/mol. The Morgan fingerprint density at radius 1 is 0.848 bits per heavy atom. The molecule has 166 valence electrons. The molecule has 0 spiro atoms. The molecular formula is C26H23N3O4. The smallest absolute Gasteiger partial charge is 0.253 e. The Bertz CT molecular complexity index is 1280. The van der Waals surface area contributed by atoms with Gasteiger partial charge in [-0.1, -0.05) is 23.8 Å². The maximum atomic E-state index is 12.9. The summed E-state index contributed by atoms with van der Waals surface area (Å²) in [6.45, 7) is 3.57. The summed E-state index contributed by atoms with van der Waals surface area (Å²) in [6.07, 6.45) is 0. The molecule has 1 amide bonds. The fraction of sp³-hybridized carbons (Fsp3) is 0.192. The van der Waals surface area contributed by atoms with E-state index in [0.717, 1.165) is 28.0 Å². The van der Waals surface area contributed by atoms with Gasteiger partial charge in [0.1, 0.15) is 13.2 Å². The maximum Gasteiger partial charge on any atom is 0.253 e. The molecule has 7 heteroatoms. The van der Waals surface area contributed by atoms with Crippen molar-refractivity contribution in [3.05, 3.63) is 83.4 Å². The molecule has 0 fully saturated rings. The third-order valence-corrected chi connectivity index (χ3v) is 5.48. The molecule has 0 bridgehead atoms. The van der Waals surface area contributed by atoms with E-state index in [4.69, 9.17) is 13.9 Å². The van der Waals surface area contributed by atoms with Gasteiger partial charge in [-0.25, -0.2) is 0 Å². The molecule has 0 radical (unpaired) electrons. The van der Waals surface area contributed by atoms with Gasteiger partial charge in [0, 0.05) is 30.3 Å². The molecule has 0 atom stereocenters. The van der Waals surface area contributed by atoms with E-state index in [9.17, 15) is 4.79 Å². The van der Waals surface area contributed by atoms with Gasteiger partial charge in [0.25, 0.3) is 5.91 Å². The van der Waals surface area contributed by atoms with Crippen LogP contribution in [0.4, 0.5) is 0 Å². The first-order chi connectivity index (χ1) is 16.1. The Labute approximate surface area is 191 Å². The average molecular weight is 441 g/mol. The van der Waals surface area contributed by atoms with Crippen LogP contribution in [0.15, 0.2) is 71.1 Å². The second-order valence-electron chi connectivity index (χ2n) is 7.99. The van der Waals surface area contributed by atoms with Crippen LogP contribution in [0.5, 0.6) is 11.5 Å². The number of nitrogens with zero attached hydrogens (tertiary/aromatic N) is 3. The van der Waals surface area contributed by atoms with Crippen molar-refractivity contribution in [2.24, 2.45) is 0 Å². The van der Waals surface area contributed by atoms with Crippen LogP contribution in [0.25, 0.3) is 22.9 Å². The third-order valence-electron chi connectivity index (χ3n) is 5.48. The fourth-order valence-electron chi connectivity index (χ4n) is 3.66. The Balaban J connectivity index is 1.27. The number of carbonyl (C=O) groups is 1. The number of hydrogen-bond acceptors (Lipinski definition) is 6. The number of aromatic nitrogens is 2. The van der Waals surface area contributed by atoms with E-state index in [1.165, 1.54) is 0 Å². The first-order valence-corrected chi connectivity index (χ1v) is 10.7. The summed E-state index contributed by atoms with van der Waals surface area (Å²) in [5, 5.41) is 8.30.